The molecule has 1 aliphatic heterocycles. The number of carbonyl (C=O) groups excluding carboxylic acids is 1. The Balaban J connectivity index is 2.48. The number of hydrogen-bond donors (Lipinski definition) is 1. The predicted molar refractivity (Wildman–Crippen MR) is 44.3 cm³/mol. The molecule has 0 fully saturated rings. The molecule has 0 atom stereocenters. The lowest BCUT2D eigenvalue weighted by Crippen LogP contribution is -2.03. The van der Waals surface area contributed by atoms with Crippen molar-refractivity contribution in [3.8, 4) is 0 Å². The van der Waals surface area contributed by atoms with Gasteiger partial charge in [0.2, 0.25) is 0 Å². The molecule has 1 aliphatic rings. The van der Waals surface area contributed by atoms with Crippen molar-refractivity contribution in [2.24, 2.45) is 3.25 Å². The van der Waals surface area contributed by atoms with Crippen LogP contribution in [0.25, 0.3) is 0 Å². The second-order valence-electron chi connectivity index (χ2n) is 1.51. The largest absolute Gasteiger partial charge is 0.462 e. The molecule has 0 saturated carbocycles. The minimum Gasteiger partial charge on any atom is -0.462 e. The number of nitrogens with zero attached hydrogens (tertiary/aromatic N) is 1. The molecule has 56 valence electrons. The fourth-order valence-corrected chi connectivity index (χ4v) is 1.64. The van der Waals surface area contributed by atoms with Crippen molar-refractivity contribution >= 4 is 27.0 Å². The van der Waals surface area contributed by atoms with Crippen LogP contribution in [0.1, 0.15) is 6.92 Å². The van der Waals surface area contributed by atoms with Crippen molar-refractivity contribution in [1.82, 2.24) is 5.43 Å². The van der Waals surface area contributed by atoms with Gasteiger partial charge in [0, 0.05) is 6.20 Å². The lowest BCUT2D eigenvalue weighted by molar-refractivity contribution is -0.137. The predicted octanol–water partition coefficient (Wildman–Crippen LogP) is 1.06. The lowest BCUT2D eigenvalue weighted by atomic mass is 10.6. The van der Waals surface area contributed by atoms with Gasteiger partial charge in [-0.3, -0.25) is 5.43 Å². The highest BCUT2D eigenvalue weighted by atomic mass is 127. The van der Waals surface area contributed by atoms with Crippen LogP contribution in [0.3, 0.4) is 0 Å². The Morgan fingerprint density at radius 3 is 3.30 bits per heavy atom. The van der Waals surface area contributed by atoms with Gasteiger partial charge in [-0.2, -0.15) is 0 Å². The maximum absolute atomic E-state index is 10.9. The number of carbonyl (C=O) groups is 1. The molecule has 0 aromatic rings. The Morgan fingerprint density at radius 1 is 2.00 bits per heavy atom. The summed E-state index contributed by atoms with van der Waals surface area (Å²) in [6.07, 6.45) is 1.60. The third-order valence-corrected chi connectivity index (χ3v) is 2.64. The van der Waals surface area contributed by atoms with Crippen LogP contribution in [0, 0.1) is 0 Å². The van der Waals surface area contributed by atoms with Crippen LogP contribution in [0.15, 0.2) is 13.0 Å². The van der Waals surface area contributed by atoms with E-state index in [0.29, 0.717) is 10.2 Å². The van der Waals surface area contributed by atoms with E-state index in [1.165, 1.54) is 0 Å². The van der Waals surface area contributed by atoms with E-state index >= 15 is 0 Å². The number of hydrogen-bond acceptors (Lipinski definition) is 4. The zero-order valence-corrected chi connectivity index (χ0v) is 7.58. The topological polar surface area (TPSA) is 50.7 Å². The van der Waals surface area contributed by atoms with Gasteiger partial charge in [-0.15, -0.1) is 3.25 Å². The first-order valence-electron chi connectivity index (χ1n) is 2.81. The number of halogens is 1. The van der Waals surface area contributed by atoms with Crippen LogP contribution >= 0.6 is 21.0 Å². The van der Waals surface area contributed by atoms with Gasteiger partial charge in [0.05, 0.1) is 27.6 Å². The molecule has 0 radical (unpaired) electrons. The zero-order chi connectivity index (χ0) is 7.40. The summed E-state index contributed by atoms with van der Waals surface area (Å²) in [7, 11) is 0. The fraction of sp³-hybridized carbons (Fsp3) is 0.400. The van der Waals surface area contributed by atoms with Crippen molar-refractivity contribution in [3.05, 3.63) is 9.78 Å². The van der Waals surface area contributed by atoms with Crippen molar-refractivity contribution in [3.63, 3.8) is 0 Å². The minimum atomic E-state index is -0.476. The van der Waals surface area contributed by atoms with Crippen molar-refractivity contribution in [2.45, 2.75) is 6.92 Å². The van der Waals surface area contributed by atoms with E-state index in [4.69, 9.17) is 4.74 Å². The highest BCUT2D eigenvalue weighted by Crippen LogP contribution is 2.20. The van der Waals surface area contributed by atoms with Gasteiger partial charge in [-0.1, -0.05) is 0 Å². The highest BCUT2D eigenvalue weighted by molar-refractivity contribution is 14.2. The van der Waals surface area contributed by atoms with Gasteiger partial charge in [-0.25, -0.2) is 4.79 Å². The molecule has 0 aromatic heterocycles. The Morgan fingerprint density at radius 2 is 2.80 bits per heavy atom. The molecule has 10 heavy (non-hydrogen) atoms. The molecule has 0 amide bonds. The second kappa shape index (κ2) is 3.65. The number of rotatable bonds is 2. The Kier molecular flexibility index (Phi) is 2.79. The molecule has 1 heterocycles. The van der Waals surface area contributed by atoms with Gasteiger partial charge in [0.1, 0.15) is 3.58 Å². The summed E-state index contributed by atoms with van der Waals surface area (Å²) in [5.41, 5.74) is 2.62. The third kappa shape index (κ3) is 1.76. The average Bonchev–Trinajstić information content (AvgIpc) is 2.38. The van der Waals surface area contributed by atoms with E-state index in [1.807, 2.05) is 0 Å². The molecular formula is C5H7IN2O2. The summed E-state index contributed by atoms with van der Waals surface area (Å²) in [6.45, 7) is 2.22. The molecule has 0 aromatic carbocycles. The molecule has 1 rings (SSSR count). The summed E-state index contributed by atoms with van der Waals surface area (Å²) >= 11 is -0.476. The maximum Gasteiger partial charge on any atom is 0.347 e. The SMILES string of the molecule is CCOC(=O)C1=CNN=I1. The monoisotopic (exact) mass is 254 g/mol. The Hall–Kier alpha value is -0.460. The first-order valence-corrected chi connectivity index (χ1v) is 4.86. The smallest absolute Gasteiger partial charge is 0.347 e. The van der Waals surface area contributed by atoms with Crippen LogP contribution in [0.4, 0.5) is 0 Å². The maximum atomic E-state index is 10.9. The molecule has 0 spiro atoms. The molecule has 1 N–H and O–H groups in total. The van der Waals surface area contributed by atoms with Crippen LogP contribution in [-0.4, -0.2) is 12.6 Å². The number of nitrogens with one attached hydrogen (secondary N) is 1. The highest BCUT2D eigenvalue weighted by Gasteiger charge is 2.10. The molecule has 4 nitrogen and oxygen atoms in total. The summed E-state index contributed by atoms with van der Waals surface area (Å²) in [6, 6.07) is 0. The molecular weight excluding hydrogens is 247 g/mol. The normalized spacial score (nSPS) is 15.1. The third-order valence-electron chi connectivity index (χ3n) is 0.844. The van der Waals surface area contributed by atoms with Crippen molar-refractivity contribution in [1.29, 1.82) is 0 Å². The first kappa shape index (κ1) is 7.64. The summed E-state index contributed by atoms with van der Waals surface area (Å²) in [5, 5.41) is 0. The number of esters is 1. The quantitative estimate of drug-likeness (QED) is 0.592. The van der Waals surface area contributed by atoms with E-state index in [0.717, 1.165) is 0 Å². The molecule has 0 unspecified atom stereocenters. The Labute approximate surface area is 68.8 Å². The van der Waals surface area contributed by atoms with Crippen LogP contribution in [0.5, 0.6) is 0 Å². The molecule has 0 saturated heterocycles. The van der Waals surface area contributed by atoms with E-state index in [1.54, 1.807) is 13.1 Å². The van der Waals surface area contributed by atoms with Crippen LogP contribution < -0.4 is 5.43 Å². The van der Waals surface area contributed by atoms with E-state index in [2.05, 4.69) is 8.68 Å². The van der Waals surface area contributed by atoms with Crippen LogP contribution in [-0.2, 0) is 9.53 Å². The zero-order valence-electron chi connectivity index (χ0n) is 5.43. The lowest BCUT2D eigenvalue weighted by Gasteiger charge is -1.95. The van der Waals surface area contributed by atoms with E-state index < -0.39 is 21.0 Å². The molecule has 0 aliphatic carbocycles. The van der Waals surface area contributed by atoms with Crippen LogP contribution in [0.2, 0.25) is 0 Å². The van der Waals surface area contributed by atoms with Crippen molar-refractivity contribution in [2.75, 3.05) is 6.61 Å². The second-order valence-corrected chi connectivity index (χ2v) is 3.64. The van der Waals surface area contributed by atoms with Gasteiger partial charge < -0.3 is 4.74 Å². The summed E-state index contributed by atoms with van der Waals surface area (Å²) < 4.78 is 9.28. The van der Waals surface area contributed by atoms with Crippen molar-refractivity contribution < 1.29 is 9.53 Å². The fourth-order valence-electron chi connectivity index (χ4n) is 0.469. The summed E-state index contributed by atoms with van der Waals surface area (Å²) in [4.78, 5) is 10.9. The minimum absolute atomic E-state index is 0.232. The summed E-state index contributed by atoms with van der Waals surface area (Å²) in [5.74, 6) is -0.232. The van der Waals surface area contributed by atoms with Gasteiger partial charge in [0.15, 0.2) is 0 Å². The van der Waals surface area contributed by atoms with Gasteiger partial charge in [0.25, 0.3) is 0 Å². The van der Waals surface area contributed by atoms with E-state index in [-0.39, 0.29) is 5.97 Å². The molecule has 5 heteroatoms. The average molecular weight is 254 g/mol. The first-order chi connectivity index (χ1) is 4.84. The Bertz CT molecular complexity index is 200. The van der Waals surface area contributed by atoms with Gasteiger partial charge >= 0.3 is 5.97 Å². The van der Waals surface area contributed by atoms with Gasteiger partial charge in [-0.05, 0) is 6.92 Å². The van der Waals surface area contributed by atoms with E-state index in [9.17, 15) is 4.79 Å². The number of ether oxygens (including phenoxy) is 1. The molecule has 0 bridgehead atoms. The standard InChI is InChI=1S/C5H7IN2O2/c1-2-10-5(9)4-3-7-8-6-4/h3,7H,2H2,1H3.